The van der Waals surface area contributed by atoms with Crippen LogP contribution in [0.1, 0.15) is 11.1 Å². The summed E-state index contributed by atoms with van der Waals surface area (Å²) in [6.07, 6.45) is 1.19. The third-order valence-electron chi connectivity index (χ3n) is 3.84. The summed E-state index contributed by atoms with van der Waals surface area (Å²) in [5.41, 5.74) is 2.29. The van der Waals surface area contributed by atoms with Gasteiger partial charge in [-0.1, -0.05) is 55.1 Å². The van der Waals surface area contributed by atoms with Crippen LogP contribution in [-0.2, 0) is 16.1 Å². The van der Waals surface area contributed by atoms with Gasteiger partial charge < -0.3 is 4.74 Å². The Balaban J connectivity index is 2.29. The maximum atomic E-state index is 11.4. The van der Waals surface area contributed by atoms with Crippen LogP contribution in [0.15, 0.2) is 61.2 Å². The van der Waals surface area contributed by atoms with E-state index in [1.54, 1.807) is 0 Å². The average Bonchev–Trinajstić information content (AvgIpc) is 2.54. The molecule has 0 saturated heterocycles. The Morgan fingerprint density at radius 1 is 1.00 bits per heavy atom. The van der Waals surface area contributed by atoms with Gasteiger partial charge in [-0.25, -0.2) is 4.79 Å². The van der Waals surface area contributed by atoms with E-state index < -0.39 is 5.97 Å². The fourth-order valence-electron chi connectivity index (χ4n) is 2.79. The number of benzene rings is 3. The molecular weight excluding hydrogens is 260 g/mol. The van der Waals surface area contributed by atoms with Gasteiger partial charge in [-0.3, -0.25) is 0 Å². The minimum atomic E-state index is -0.399. The summed E-state index contributed by atoms with van der Waals surface area (Å²) >= 11 is 0. The lowest BCUT2D eigenvalue weighted by Crippen LogP contribution is -2.02. The molecule has 0 fully saturated rings. The first-order chi connectivity index (χ1) is 10.2. The second-order valence-corrected chi connectivity index (χ2v) is 5.01. The maximum Gasteiger partial charge on any atom is 0.330 e. The lowest BCUT2D eigenvalue weighted by molar-refractivity contribution is -0.138. The molecular formula is C19H16O2. The fraction of sp³-hybridized carbons (Fsp3) is 0.105. The van der Waals surface area contributed by atoms with Crippen LogP contribution >= 0.6 is 0 Å². The van der Waals surface area contributed by atoms with Crippen LogP contribution in [0.4, 0.5) is 0 Å². The fourth-order valence-corrected chi connectivity index (χ4v) is 2.79. The molecule has 0 N–H and O–H groups in total. The van der Waals surface area contributed by atoms with Gasteiger partial charge in [0.15, 0.2) is 0 Å². The number of hydrogen-bond acceptors (Lipinski definition) is 2. The summed E-state index contributed by atoms with van der Waals surface area (Å²) in [5, 5.41) is 4.65. The monoisotopic (exact) mass is 276 g/mol. The molecule has 21 heavy (non-hydrogen) atoms. The van der Waals surface area contributed by atoms with Gasteiger partial charge in [0, 0.05) is 11.6 Å². The summed E-state index contributed by atoms with van der Waals surface area (Å²) in [4.78, 5) is 11.4. The van der Waals surface area contributed by atoms with Crippen molar-refractivity contribution in [1.82, 2.24) is 0 Å². The first kappa shape index (κ1) is 13.4. The highest BCUT2D eigenvalue weighted by molar-refractivity contribution is 6.05. The van der Waals surface area contributed by atoms with Crippen molar-refractivity contribution in [2.75, 3.05) is 0 Å². The van der Waals surface area contributed by atoms with Crippen LogP contribution in [0.25, 0.3) is 21.5 Å². The first-order valence-electron chi connectivity index (χ1n) is 6.90. The Labute approximate surface area is 123 Å². The van der Waals surface area contributed by atoms with Crippen LogP contribution in [-0.4, -0.2) is 5.97 Å². The van der Waals surface area contributed by atoms with Crippen molar-refractivity contribution in [2.24, 2.45) is 0 Å². The van der Waals surface area contributed by atoms with Crippen LogP contribution < -0.4 is 0 Å². The van der Waals surface area contributed by atoms with Crippen molar-refractivity contribution in [2.45, 2.75) is 13.5 Å². The van der Waals surface area contributed by atoms with Crippen molar-refractivity contribution in [3.8, 4) is 0 Å². The van der Waals surface area contributed by atoms with E-state index in [1.807, 2.05) is 24.3 Å². The molecule has 0 aliphatic carbocycles. The third kappa shape index (κ3) is 2.29. The molecule has 0 aliphatic rings. The molecule has 3 rings (SSSR count). The van der Waals surface area contributed by atoms with Gasteiger partial charge in [-0.05, 0) is 34.0 Å². The average molecular weight is 276 g/mol. The molecule has 2 heteroatoms. The molecule has 0 unspecified atom stereocenters. The van der Waals surface area contributed by atoms with Crippen molar-refractivity contribution >= 4 is 27.5 Å². The summed E-state index contributed by atoms with van der Waals surface area (Å²) in [6.45, 7) is 5.82. The number of ether oxygens (including phenoxy) is 1. The van der Waals surface area contributed by atoms with Gasteiger partial charge in [0.05, 0.1) is 0 Å². The topological polar surface area (TPSA) is 26.3 Å². The van der Waals surface area contributed by atoms with Crippen molar-refractivity contribution < 1.29 is 9.53 Å². The Kier molecular flexibility index (Phi) is 3.44. The number of hydrogen-bond donors (Lipinski definition) is 0. The van der Waals surface area contributed by atoms with E-state index in [0.717, 1.165) is 16.3 Å². The molecule has 0 heterocycles. The second kappa shape index (κ2) is 5.41. The van der Waals surface area contributed by atoms with E-state index in [9.17, 15) is 4.79 Å². The minimum Gasteiger partial charge on any atom is -0.458 e. The number of aryl methyl sites for hydroxylation is 1. The lowest BCUT2D eigenvalue weighted by atomic mass is 9.93. The Bertz CT molecular complexity index is 790. The zero-order chi connectivity index (χ0) is 14.8. The maximum absolute atomic E-state index is 11.4. The minimum absolute atomic E-state index is 0.256. The molecule has 0 atom stereocenters. The van der Waals surface area contributed by atoms with Crippen molar-refractivity contribution in [3.05, 3.63) is 72.3 Å². The molecule has 3 aromatic rings. The smallest absolute Gasteiger partial charge is 0.330 e. The van der Waals surface area contributed by atoms with Gasteiger partial charge >= 0.3 is 5.97 Å². The number of fused-ring (bicyclic) bond motifs is 2. The second-order valence-electron chi connectivity index (χ2n) is 5.01. The summed E-state index contributed by atoms with van der Waals surface area (Å²) in [6, 6.07) is 16.4. The number of rotatable bonds is 3. The quantitative estimate of drug-likeness (QED) is 0.399. The van der Waals surface area contributed by atoms with Gasteiger partial charge in [-0.2, -0.15) is 0 Å². The molecule has 0 aliphatic heterocycles. The van der Waals surface area contributed by atoms with Crippen LogP contribution in [0, 0.1) is 6.92 Å². The van der Waals surface area contributed by atoms with E-state index in [1.165, 1.54) is 22.4 Å². The molecule has 104 valence electrons. The molecule has 3 aromatic carbocycles. The van der Waals surface area contributed by atoms with Crippen LogP contribution in [0.5, 0.6) is 0 Å². The highest BCUT2D eigenvalue weighted by atomic mass is 16.5. The normalized spacial score (nSPS) is 10.7. The largest absolute Gasteiger partial charge is 0.458 e. The third-order valence-corrected chi connectivity index (χ3v) is 3.84. The zero-order valence-electron chi connectivity index (χ0n) is 11.9. The number of carbonyl (C=O) groups is 1. The molecule has 0 spiro atoms. The van der Waals surface area contributed by atoms with Crippen LogP contribution in [0.3, 0.4) is 0 Å². The summed E-state index contributed by atoms with van der Waals surface area (Å²) in [7, 11) is 0. The van der Waals surface area contributed by atoms with E-state index in [4.69, 9.17) is 4.74 Å². The van der Waals surface area contributed by atoms with Crippen LogP contribution in [0.2, 0.25) is 0 Å². The van der Waals surface area contributed by atoms with Crippen molar-refractivity contribution in [3.63, 3.8) is 0 Å². The van der Waals surface area contributed by atoms with Gasteiger partial charge in [-0.15, -0.1) is 0 Å². The molecule has 0 bridgehead atoms. The number of carbonyl (C=O) groups excluding carboxylic acids is 1. The Morgan fingerprint density at radius 3 is 1.95 bits per heavy atom. The van der Waals surface area contributed by atoms with Gasteiger partial charge in [0.1, 0.15) is 6.61 Å². The van der Waals surface area contributed by atoms with E-state index in [-0.39, 0.29) is 6.61 Å². The molecule has 0 saturated carbocycles. The SMILES string of the molecule is C=CC(=O)OCc1c2ccccc2c(C)c2ccccc12. The van der Waals surface area contributed by atoms with E-state index in [0.29, 0.717) is 0 Å². The summed E-state index contributed by atoms with van der Waals surface area (Å²) < 4.78 is 5.28. The van der Waals surface area contributed by atoms with Crippen molar-refractivity contribution in [1.29, 1.82) is 0 Å². The molecule has 2 nitrogen and oxygen atoms in total. The predicted octanol–water partition coefficient (Wildman–Crippen LogP) is 4.53. The van der Waals surface area contributed by atoms with Gasteiger partial charge in [0.25, 0.3) is 0 Å². The number of esters is 1. The summed E-state index contributed by atoms with van der Waals surface area (Å²) in [5.74, 6) is -0.399. The highest BCUT2D eigenvalue weighted by Crippen LogP contribution is 2.32. The van der Waals surface area contributed by atoms with E-state index >= 15 is 0 Å². The Morgan fingerprint density at radius 2 is 1.48 bits per heavy atom. The zero-order valence-corrected chi connectivity index (χ0v) is 11.9. The van der Waals surface area contributed by atoms with E-state index in [2.05, 4.69) is 37.8 Å². The highest BCUT2D eigenvalue weighted by Gasteiger charge is 2.11. The predicted molar refractivity (Wildman–Crippen MR) is 86.2 cm³/mol. The lowest BCUT2D eigenvalue weighted by Gasteiger charge is -2.14. The molecule has 0 aromatic heterocycles. The first-order valence-corrected chi connectivity index (χ1v) is 6.90. The Hall–Kier alpha value is -2.61. The standard InChI is InChI=1S/C19H16O2/c1-3-19(20)21-12-18-16-10-6-4-8-14(16)13(2)15-9-5-7-11-17(15)18/h3-11H,1,12H2,2H3. The molecule has 0 amide bonds. The van der Waals surface area contributed by atoms with Gasteiger partial charge in [0.2, 0.25) is 0 Å². The molecule has 0 radical (unpaired) electrons.